The number of thiophene rings is 1. The first-order valence-electron chi connectivity index (χ1n) is 16.6. The molecule has 10 rings (SSSR count). The summed E-state index contributed by atoms with van der Waals surface area (Å²) >= 11 is 1.80. The number of fused-ring (bicyclic) bond motifs is 6. The molecule has 0 aliphatic rings. The highest BCUT2D eigenvalue weighted by molar-refractivity contribution is 7.25. The number of nitrogens with zero attached hydrogens (tertiary/aromatic N) is 3. The molecule has 0 saturated carbocycles. The van der Waals surface area contributed by atoms with Crippen molar-refractivity contribution >= 4 is 53.4 Å². The van der Waals surface area contributed by atoms with Gasteiger partial charge < -0.3 is 4.42 Å². The molecular formula is C45H27N3OS. The summed E-state index contributed by atoms with van der Waals surface area (Å²) in [5.74, 6) is 1.94. The highest BCUT2D eigenvalue weighted by Crippen LogP contribution is 2.39. The molecule has 10 aromatic rings. The van der Waals surface area contributed by atoms with Gasteiger partial charge in [-0.15, -0.1) is 11.3 Å². The van der Waals surface area contributed by atoms with Gasteiger partial charge in [-0.05, 0) is 58.7 Å². The Hall–Kier alpha value is -6.43. The van der Waals surface area contributed by atoms with Gasteiger partial charge in [-0.2, -0.15) is 0 Å². The second kappa shape index (κ2) is 11.6. The van der Waals surface area contributed by atoms with E-state index in [-0.39, 0.29) is 0 Å². The van der Waals surface area contributed by atoms with Gasteiger partial charge in [0.25, 0.3) is 0 Å². The predicted molar refractivity (Wildman–Crippen MR) is 207 cm³/mol. The summed E-state index contributed by atoms with van der Waals surface area (Å²) in [6.45, 7) is 0. The summed E-state index contributed by atoms with van der Waals surface area (Å²) in [6, 6.07) is 56.9. The van der Waals surface area contributed by atoms with Crippen LogP contribution in [0.2, 0.25) is 0 Å². The van der Waals surface area contributed by atoms with E-state index in [2.05, 4.69) is 115 Å². The lowest BCUT2D eigenvalue weighted by Crippen LogP contribution is -2.00. The average Bonchev–Trinajstić information content (AvgIpc) is 3.76. The van der Waals surface area contributed by atoms with Crippen LogP contribution >= 0.6 is 11.3 Å². The van der Waals surface area contributed by atoms with Gasteiger partial charge in [0.2, 0.25) is 0 Å². The Kier molecular flexibility index (Phi) is 6.64. The van der Waals surface area contributed by atoms with Crippen molar-refractivity contribution in [2.24, 2.45) is 0 Å². The van der Waals surface area contributed by atoms with Crippen molar-refractivity contribution in [3.63, 3.8) is 0 Å². The highest BCUT2D eigenvalue weighted by atomic mass is 32.1. The second-order valence-corrected chi connectivity index (χ2v) is 13.5. The molecule has 0 unspecified atom stereocenters. The van der Waals surface area contributed by atoms with Crippen LogP contribution in [0.25, 0.3) is 98.5 Å². The van der Waals surface area contributed by atoms with Crippen LogP contribution in [0.4, 0.5) is 0 Å². The summed E-state index contributed by atoms with van der Waals surface area (Å²) in [5, 5.41) is 4.78. The lowest BCUT2D eigenvalue weighted by molar-refractivity contribution is 0.669. The third-order valence-corrected chi connectivity index (χ3v) is 10.5. The van der Waals surface area contributed by atoms with E-state index in [0.717, 1.165) is 60.9 Å². The number of rotatable bonds is 5. The molecule has 0 aliphatic heterocycles. The lowest BCUT2D eigenvalue weighted by Gasteiger charge is -2.11. The summed E-state index contributed by atoms with van der Waals surface area (Å²) in [4.78, 5) is 15.1. The van der Waals surface area contributed by atoms with Crippen LogP contribution < -0.4 is 0 Å². The standard InChI is InChI=1S/C45H27N3OS/c1-2-11-28(12-3-1)43-46-44(48-45(47-43)33-23-24-36-35-17-5-7-22-40(35)50-41(36)27-33)32-16-9-14-30(26-32)29-13-8-15-31(25-29)34-19-10-21-39-42(34)37-18-4-6-20-38(37)49-39/h1-27H. The van der Waals surface area contributed by atoms with Gasteiger partial charge in [0.15, 0.2) is 17.5 Å². The summed E-state index contributed by atoms with van der Waals surface area (Å²) in [6.07, 6.45) is 0. The van der Waals surface area contributed by atoms with E-state index < -0.39 is 0 Å². The van der Waals surface area contributed by atoms with Crippen LogP contribution in [0.5, 0.6) is 0 Å². The van der Waals surface area contributed by atoms with Crippen molar-refractivity contribution < 1.29 is 4.42 Å². The maximum atomic E-state index is 6.19. The smallest absolute Gasteiger partial charge is 0.164 e. The van der Waals surface area contributed by atoms with Gasteiger partial charge in [0.05, 0.1) is 0 Å². The Labute approximate surface area is 292 Å². The molecule has 0 saturated heterocycles. The largest absolute Gasteiger partial charge is 0.456 e. The molecule has 0 N–H and O–H groups in total. The van der Waals surface area contributed by atoms with E-state index in [9.17, 15) is 0 Å². The fraction of sp³-hybridized carbons (Fsp3) is 0. The number of hydrogen-bond acceptors (Lipinski definition) is 5. The van der Waals surface area contributed by atoms with Gasteiger partial charge in [-0.25, -0.2) is 15.0 Å². The van der Waals surface area contributed by atoms with Gasteiger partial charge >= 0.3 is 0 Å². The monoisotopic (exact) mass is 657 g/mol. The number of para-hydroxylation sites is 1. The zero-order valence-electron chi connectivity index (χ0n) is 26.7. The zero-order valence-corrected chi connectivity index (χ0v) is 27.6. The van der Waals surface area contributed by atoms with Gasteiger partial charge in [0.1, 0.15) is 11.2 Å². The fourth-order valence-corrected chi connectivity index (χ4v) is 8.08. The molecule has 3 heterocycles. The molecule has 3 aromatic heterocycles. The molecule has 4 nitrogen and oxygen atoms in total. The maximum Gasteiger partial charge on any atom is 0.164 e. The molecule has 7 aromatic carbocycles. The van der Waals surface area contributed by atoms with E-state index in [1.54, 1.807) is 11.3 Å². The molecule has 50 heavy (non-hydrogen) atoms. The first-order chi connectivity index (χ1) is 24.7. The van der Waals surface area contributed by atoms with Gasteiger partial charge in [0, 0.05) is 47.6 Å². The molecule has 234 valence electrons. The van der Waals surface area contributed by atoms with Crippen molar-refractivity contribution in [2.75, 3.05) is 0 Å². The first-order valence-corrected chi connectivity index (χ1v) is 17.4. The minimum absolute atomic E-state index is 0.637. The van der Waals surface area contributed by atoms with Gasteiger partial charge in [-0.3, -0.25) is 0 Å². The van der Waals surface area contributed by atoms with Crippen LogP contribution in [0.3, 0.4) is 0 Å². The third kappa shape index (κ3) is 4.87. The molecule has 0 bridgehead atoms. The van der Waals surface area contributed by atoms with Crippen LogP contribution in [-0.2, 0) is 0 Å². The Morgan fingerprint density at radius 3 is 1.74 bits per heavy atom. The fourth-order valence-electron chi connectivity index (χ4n) is 6.93. The predicted octanol–water partition coefficient (Wildman–Crippen LogP) is 12.5. The maximum absolute atomic E-state index is 6.19. The second-order valence-electron chi connectivity index (χ2n) is 12.4. The summed E-state index contributed by atoms with van der Waals surface area (Å²) in [7, 11) is 0. The van der Waals surface area contributed by atoms with Crippen LogP contribution in [0.1, 0.15) is 0 Å². The van der Waals surface area contributed by atoms with E-state index in [1.807, 2.05) is 48.5 Å². The number of benzene rings is 7. The van der Waals surface area contributed by atoms with E-state index in [4.69, 9.17) is 19.4 Å². The lowest BCUT2D eigenvalue weighted by atomic mass is 9.95. The highest BCUT2D eigenvalue weighted by Gasteiger charge is 2.16. The number of hydrogen-bond donors (Lipinski definition) is 0. The SMILES string of the molecule is c1ccc(-c2nc(-c3cccc(-c4cccc(-c5cccc6oc7ccccc7c56)c4)c3)nc(-c3ccc4c(c3)sc3ccccc34)n2)cc1. The van der Waals surface area contributed by atoms with Gasteiger partial charge in [-0.1, -0.05) is 127 Å². The number of aromatic nitrogens is 3. The molecule has 0 spiro atoms. The minimum Gasteiger partial charge on any atom is -0.456 e. The number of furan rings is 1. The minimum atomic E-state index is 0.637. The van der Waals surface area contributed by atoms with Crippen molar-refractivity contribution in [1.29, 1.82) is 0 Å². The zero-order chi connectivity index (χ0) is 33.0. The first kappa shape index (κ1) is 28.6. The van der Waals surface area contributed by atoms with Crippen LogP contribution in [0, 0.1) is 0 Å². The Morgan fingerprint density at radius 1 is 0.360 bits per heavy atom. The quantitative estimate of drug-likeness (QED) is 0.185. The van der Waals surface area contributed by atoms with Crippen molar-refractivity contribution in [3.8, 4) is 56.4 Å². The van der Waals surface area contributed by atoms with Crippen molar-refractivity contribution in [2.45, 2.75) is 0 Å². The van der Waals surface area contributed by atoms with E-state index >= 15 is 0 Å². The van der Waals surface area contributed by atoms with Crippen LogP contribution in [-0.4, -0.2) is 15.0 Å². The molecular weight excluding hydrogens is 631 g/mol. The van der Waals surface area contributed by atoms with Crippen LogP contribution in [0.15, 0.2) is 168 Å². The van der Waals surface area contributed by atoms with E-state index in [0.29, 0.717) is 17.5 Å². The average molecular weight is 658 g/mol. The van der Waals surface area contributed by atoms with Crippen molar-refractivity contribution in [3.05, 3.63) is 164 Å². The van der Waals surface area contributed by atoms with Crippen molar-refractivity contribution in [1.82, 2.24) is 15.0 Å². The summed E-state index contributed by atoms with van der Waals surface area (Å²) in [5.41, 5.74) is 9.12. The molecule has 0 fully saturated rings. The summed E-state index contributed by atoms with van der Waals surface area (Å²) < 4.78 is 8.68. The molecule has 5 heteroatoms. The molecule has 0 radical (unpaired) electrons. The Balaban J connectivity index is 1.08. The molecule has 0 aliphatic carbocycles. The Morgan fingerprint density at radius 2 is 0.920 bits per heavy atom. The molecule has 0 atom stereocenters. The Bertz CT molecular complexity index is 2890. The van der Waals surface area contributed by atoms with E-state index in [1.165, 1.54) is 20.2 Å². The molecule has 0 amide bonds. The normalized spacial score (nSPS) is 11.6. The topological polar surface area (TPSA) is 51.8 Å². The third-order valence-electron chi connectivity index (χ3n) is 9.33.